The highest BCUT2D eigenvalue weighted by Gasteiger charge is 2.30. The number of pyridine rings is 2. The van der Waals surface area contributed by atoms with E-state index < -0.39 is 0 Å². The number of hydrogen-bond acceptors (Lipinski definition) is 4. The molecule has 5 rings (SSSR count). The molecule has 0 spiro atoms. The van der Waals surface area contributed by atoms with Crippen molar-refractivity contribution >= 4 is 16.7 Å². The molecule has 1 fully saturated rings. The molecule has 3 aromatic heterocycles. The Hall–Kier alpha value is -3.18. The fraction of sp³-hybridized carbons (Fsp3) is 0.250. The number of fused-ring (bicyclic) bond motifs is 1. The molecule has 1 aliphatic heterocycles. The number of H-pyrrole nitrogens is 1. The van der Waals surface area contributed by atoms with E-state index in [1.54, 1.807) is 0 Å². The van der Waals surface area contributed by atoms with Crippen molar-refractivity contribution in [2.24, 2.45) is 0 Å². The van der Waals surface area contributed by atoms with Crippen LogP contribution in [0.1, 0.15) is 22.9 Å². The minimum Gasteiger partial charge on any atom is -0.358 e. The van der Waals surface area contributed by atoms with Crippen molar-refractivity contribution < 1.29 is 0 Å². The Bertz CT molecular complexity index is 1080. The van der Waals surface area contributed by atoms with Crippen LogP contribution in [0, 0.1) is 6.92 Å². The summed E-state index contributed by atoms with van der Waals surface area (Å²) in [6.45, 7) is 6.08. The number of anilines is 1. The zero-order chi connectivity index (χ0) is 19.6. The van der Waals surface area contributed by atoms with Crippen molar-refractivity contribution in [3.8, 4) is 0 Å². The monoisotopic (exact) mass is 383 g/mol. The van der Waals surface area contributed by atoms with E-state index >= 15 is 0 Å². The Morgan fingerprint density at radius 3 is 2.48 bits per heavy atom. The van der Waals surface area contributed by atoms with Crippen LogP contribution in [-0.4, -0.2) is 46.0 Å². The topological polar surface area (TPSA) is 48.1 Å². The van der Waals surface area contributed by atoms with Gasteiger partial charge in [-0.3, -0.25) is 9.88 Å². The summed E-state index contributed by atoms with van der Waals surface area (Å²) >= 11 is 0. The molecule has 0 aliphatic carbocycles. The van der Waals surface area contributed by atoms with E-state index in [4.69, 9.17) is 0 Å². The lowest BCUT2D eigenvalue weighted by atomic mass is 9.95. The summed E-state index contributed by atoms with van der Waals surface area (Å²) in [6.07, 6.45) is 5.73. The van der Waals surface area contributed by atoms with Crippen molar-refractivity contribution in [1.29, 1.82) is 0 Å². The fourth-order valence-electron chi connectivity index (χ4n) is 4.50. The summed E-state index contributed by atoms with van der Waals surface area (Å²) in [4.78, 5) is 17.5. The lowest BCUT2D eigenvalue weighted by molar-refractivity contribution is 0.212. The van der Waals surface area contributed by atoms with Gasteiger partial charge in [-0.25, -0.2) is 4.98 Å². The van der Waals surface area contributed by atoms with E-state index in [-0.39, 0.29) is 6.04 Å². The third-order valence-electron chi connectivity index (χ3n) is 5.87. The van der Waals surface area contributed by atoms with Gasteiger partial charge in [-0.05, 0) is 36.8 Å². The second kappa shape index (κ2) is 7.68. The third kappa shape index (κ3) is 3.38. The molecule has 0 unspecified atom stereocenters. The van der Waals surface area contributed by atoms with Crippen molar-refractivity contribution in [1.82, 2.24) is 19.9 Å². The number of rotatable bonds is 4. The summed E-state index contributed by atoms with van der Waals surface area (Å²) in [5.41, 5.74) is 5.03. The minimum atomic E-state index is 0.186. The molecule has 5 heteroatoms. The molecule has 4 heterocycles. The van der Waals surface area contributed by atoms with Gasteiger partial charge in [0.25, 0.3) is 0 Å². The number of nitrogens with one attached hydrogen (secondary N) is 1. The fourth-order valence-corrected chi connectivity index (χ4v) is 4.50. The molecular formula is C24H25N5. The van der Waals surface area contributed by atoms with Gasteiger partial charge in [0.1, 0.15) is 5.82 Å². The maximum Gasteiger partial charge on any atom is 0.128 e. The van der Waals surface area contributed by atoms with Crippen LogP contribution in [0.25, 0.3) is 10.9 Å². The first kappa shape index (κ1) is 17.9. The van der Waals surface area contributed by atoms with Crippen molar-refractivity contribution in [3.05, 3.63) is 90.0 Å². The van der Waals surface area contributed by atoms with E-state index in [0.717, 1.165) is 32.0 Å². The molecule has 1 aliphatic rings. The number of aryl methyl sites for hydroxylation is 1. The Morgan fingerprint density at radius 2 is 1.72 bits per heavy atom. The summed E-state index contributed by atoms with van der Waals surface area (Å²) in [6, 6.07) is 19.1. The average Bonchev–Trinajstić information content (AvgIpc) is 3.12. The molecule has 146 valence electrons. The van der Waals surface area contributed by atoms with Gasteiger partial charge in [0.05, 0.1) is 6.04 Å². The van der Waals surface area contributed by atoms with Crippen LogP contribution in [0.2, 0.25) is 0 Å². The first-order chi connectivity index (χ1) is 14.3. The van der Waals surface area contributed by atoms with E-state index in [1.165, 1.54) is 27.7 Å². The number of benzene rings is 1. The molecule has 1 atom stereocenters. The van der Waals surface area contributed by atoms with E-state index in [2.05, 4.69) is 74.1 Å². The van der Waals surface area contributed by atoms with Crippen LogP contribution in [0.5, 0.6) is 0 Å². The molecule has 1 aromatic carbocycles. The standard InChI is InChI=1S/C24H25N5/c1-18-23(20-8-2-3-9-21(20)27-18)24(19-7-6-11-25-17-19)29-15-13-28(14-16-29)22-10-4-5-12-26-22/h2-12,17,24,27H,13-16H2,1H3/t24-/m0/s1. The third-order valence-corrected chi connectivity index (χ3v) is 5.87. The van der Waals surface area contributed by atoms with Gasteiger partial charge in [0.2, 0.25) is 0 Å². The van der Waals surface area contributed by atoms with E-state index in [0.29, 0.717) is 0 Å². The minimum absolute atomic E-state index is 0.186. The van der Waals surface area contributed by atoms with Crippen molar-refractivity contribution in [3.63, 3.8) is 0 Å². The number of piperazine rings is 1. The zero-order valence-electron chi connectivity index (χ0n) is 16.6. The van der Waals surface area contributed by atoms with Gasteiger partial charge in [0.15, 0.2) is 0 Å². The summed E-state index contributed by atoms with van der Waals surface area (Å²) in [5, 5.41) is 1.30. The summed E-state index contributed by atoms with van der Waals surface area (Å²) in [7, 11) is 0. The van der Waals surface area contributed by atoms with Gasteiger partial charge in [0, 0.05) is 66.9 Å². The van der Waals surface area contributed by atoms with Gasteiger partial charge in [-0.15, -0.1) is 0 Å². The highest BCUT2D eigenvalue weighted by molar-refractivity contribution is 5.85. The smallest absolute Gasteiger partial charge is 0.128 e. The predicted octanol–water partition coefficient (Wildman–Crippen LogP) is 4.18. The Morgan fingerprint density at radius 1 is 0.897 bits per heavy atom. The van der Waals surface area contributed by atoms with E-state index in [9.17, 15) is 0 Å². The van der Waals surface area contributed by atoms with E-state index in [1.807, 2.05) is 30.7 Å². The van der Waals surface area contributed by atoms with Crippen molar-refractivity contribution in [2.45, 2.75) is 13.0 Å². The number of nitrogens with zero attached hydrogens (tertiary/aromatic N) is 4. The predicted molar refractivity (Wildman–Crippen MR) is 117 cm³/mol. The molecule has 0 amide bonds. The van der Waals surface area contributed by atoms with Crippen LogP contribution >= 0.6 is 0 Å². The second-order valence-electron chi connectivity index (χ2n) is 7.61. The largest absolute Gasteiger partial charge is 0.358 e. The van der Waals surface area contributed by atoms with Gasteiger partial charge in [-0.2, -0.15) is 0 Å². The second-order valence-corrected chi connectivity index (χ2v) is 7.61. The SMILES string of the molecule is Cc1[nH]c2ccccc2c1[C@H](c1cccnc1)N1CCN(c2ccccn2)CC1. The number of hydrogen-bond donors (Lipinski definition) is 1. The number of aromatic amines is 1. The Labute approximate surface area is 171 Å². The van der Waals surface area contributed by atoms with Gasteiger partial charge >= 0.3 is 0 Å². The molecule has 1 N–H and O–H groups in total. The number of para-hydroxylation sites is 1. The van der Waals surface area contributed by atoms with Crippen LogP contribution in [0.3, 0.4) is 0 Å². The first-order valence-corrected chi connectivity index (χ1v) is 10.2. The molecule has 0 saturated carbocycles. The Kier molecular flexibility index (Phi) is 4.74. The quantitative estimate of drug-likeness (QED) is 0.574. The molecule has 0 bridgehead atoms. The molecule has 4 aromatic rings. The maximum absolute atomic E-state index is 4.53. The highest BCUT2D eigenvalue weighted by Crippen LogP contribution is 2.36. The summed E-state index contributed by atoms with van der Waals surface area (Å²) < 4.78 is 0. The Balaban J connectivity index is 1.50. The molecule has 5 nitrogen and oxygen atoms in total. The van der Waals surface area contributed by atoms with Crippen LogP contribution in [-0.2, 0) is 0 Å². The van der Waals surface area contributed by atoms with Crippen LogP contribution in [0.15, 0.2) is 73.2 Å². The van der Waals surface area contributed by atoms with Crippen LogP contribution < -0.4 is 4.90 Å². The lowest BCUT2D eigenvalue weighted by Gasteiger charge is -2.40. The molecule has 29 heavy (non-hydrogen) atoms. The highest BCUT2D eigenvalue weighted by atomic mass is 15.3. The first-order valence-electron chi connectivity index (χ1n) is 10.2. The number of aromatic nitrogens is 3. The van der Waals surface area contributed by atoms with Gasteiger partial charge in [-0.1, -0.05) is 30.3 Å². The zero-order valence-corrected chi connectivity index (χ0v) is 16.6. The molecular weight excluding hydrogens is 358 g/mol. The molecule has 0 radical (unpaired) electrons. The molecule has 1 saturated heterocycles. The lowest BCUT2D eigenvalue weighted by Crippen LogP contribution is -2.48. The maximum atomic E-state index is 4.53. The van der Waals surface area contributed by atoms with Gasteiger partial charge < -0.3 is 9.88 Å². The summed E-state index contributed by atoms with van der Waals surface area (Å²) in [5.74, 6) is 1.06. The van der Waals surface area contributed by atoms with Crippen molar-refractivity contribution in [2.75, 3.05) is 31.1 Å². The average molecular weight is 383 g/mol. The van der Waals surface area contributed by atoms with Crippen LogP contribution in [0.4, 0.5) is 5.82 Å². The normalized spacial score (nSPS) is 16.2.